The molecule has 0 radical (unpaired) electrons. The second-order valence-electron chi connectivity index (χ2n) is 4.55. The van der Waals surface area contributed by atoms with Gasteiger partial charge in [-0.25, -0.2) is 4.98 Å². The first-order valence-corrected chi connectivity index (χ1v) is 7.38. The fraction of sp³-hybridized carbons (Fsp3) is 0.133. The fourth-order valence-electron chi connectivity index (χ4n) is 1.85. The molecule has 22 heavy (non-hydrogen) atoms. The zero-order valence-electron chi connectivity index (χ0n) is 12.0. The maximum Gasteiger partial charge on any atom is 0.296 e. The van der Waals surface area contributed by atoms with Crippen LogP contribution in [0.3, 0.4) is 0 Å². The number of methoxy groups -OCH3 is 1. The van der Waals surface area contributed by atoms with Crippen LogP contribution >= 0.6 is 11.3 Å². The van der Waals surface area contributed by atoms with Crippen molar-refractivity contribution in [3.05, 3.63) is 47.2 Å². The molecule has 0 bridgehead atoms. The summed E-state index contributed by atoms with van der Waals surface area (Å²) in [4.78, 5) is 16.4. The van der Waals surface area contributed by atoms with Crippen LogP contribution in [-0.2, 0) is 0 Å². The molecule has 0 spiro atoms. The van der Waals surface area contributed by atoms with E-state index in [-0.39, 0.29) is 11.7 Å². The molecule has 3 aromatic rings. The van der Waals surface area contributed by atoms with Crippen molar-refractivity contribution in [1.29, 1.82) is 0 Å². The normalized spacial score (nSPS) is 10.5. The number of thiazole rings is 1. The Bertz CT molecular complexity index is 792. The van der Waals surface area contributed by atoms with Crippen LogP contribution in [0.2, 0.25) is 0 Å². The minimum Gasteiger partial charge on any atom is -0.497 e. The van der Waals surface area contributed by atoms with E-state index in [0.29, 0.717) is 10.8 Å². The summed E-state index contributed by atoms with van der Waals surface area (Å²) in [6, 6.07) is 9.14. The van der Waals surface area contributed by atoms with E-state index in [1.165, 1.54) is 11.3 Å². The van der Waals surface area contributed by atoms with E-state index in [2.05, 4.69) is 15.5 Å². The van der Waals surface area contributed by atoms with Crippen LogP contribution in [-0.4, -0.2) is 23.2 Å². The number of benzene rings is 1. The molecule has 2 heterocycles. The molecule has 0 unspecified atom stereocenters. The van der Waals surface area contributed by atoms with Crippen molar-refractivity contribution >= 4 is 22.4 Å². The monoisotopic (exact) mass is 315 g/mol. The van der Waals surface area contributed by atoms with E-state index >= 15 is 0 Å². The van der Waals surface area contributed by atoms with Crippen molar-refractivity contribution in [2.45, 2.75) is 6.92 Å². The van der Waals surface area contributed by atoms with Gasteiger partial charge in [-0.2, -0.15) is 0 Å². The Balaban J connectivity index is 1.74. The Labute approximate surface area is 130 Å². The third-order valence-corrected chi connectivity index (χ3v) is 3.72. The molecule has 6 nitrogen and oxygen atoms in total. The first-order valence-electron chi connectivity index (χ1n) is 6.50. The number of carbonyl (C=O) groups excluding carboxylic acids is 1. The van der Waals surface area contributed by atoms with Crippen LogP contribution in [0.1, 0.15) is 16.2 Å². The van der Waals surface area contributed by atoms with Gasteiger partial charge in [0.15, 0.2) is 5.13 Å². The molecule has 0 aliphatic carbocycles. The van der Waals surface area contributed by atoms with Gasteiger partial charge in [0.05, 0.1) is 18.5 Å². The molecule has 1 aromatic carbocycles. The predicted molar refractivity (Wildman–Crippen MR) is 83.3 cm³/mol. The van der Waals surface area contributed by atoms with Gasteiger partial charge in [-0.1, -0.05) is 5.16 Å². The topological polar surface area (TPSA) is 77.2 Å². The fourth-order valence-corrected chi connectivity index (χ4v) is 2.57. The molecule has 0 aliphatic rings. The number of carbonyl (C=O) groups is 1. The smallest absolute Gasteiger partial charge is 0.296 e. The van der Waals surface area contributed by atoms with Crippen molar-refractivity contribution in [2.75, 3.05) is 12.4 Å². The van der Waals surface area contributed by atoms with Crippen molar-refractivity contribution in [3.63, 3.8) is 0 Å². The lowest BCUT2D eigenvalue weighted by Crippen LogP contribution is -2.10. The number of anilines is 1. The lowest BCUT2D eigenvalue weighted by Gasteiger charge is -2.00. The van der Waals surface area contributed by atoms with Gasteiger partial charge in [0.2, 0.25) is 5.76 Å². The second-order valence-corrected chi connectivity index (χ2v) is 5.41. The maximum atomic E-state index is 12.0. The highest BCUT2D eigenvalue weighted by Crippen LogP contribution is 2.26. The number of ether oxygens (including phenoxy) is 1. The van der Waals surface area contributed by atoms with Crippen LogP contribution in [0.5, 0.6) is 5.75 Å². The van der Waals surface area contributed by atoms with Gasteiger partial charge in [0.25, 0.3) is 5.91 Å². The van der Waals surface area contributed by atoms with Gasteiger partial charge >= 0.3 is 0 Å². The molecule has 2 aromatic heterocycles. The summed E-state index contributed by atoms with van der Waals surface area (Å²) in [5.41, 5.74) is 2.40. The van der Waals surface area contributed by atoms with Gasteiger partial charge in [-0.05, 0) is 31.2 Å². The van der Waals surface area contributed by atoms with Gasteiger partial charge in [-0.15, -0.1) is 11.3 Å². The van der Waals surface area contributed by atoms with E-state index in [4.69, 9.17) is 9.26 Å². The minimum absolute atomic E-state index is 0.165. The first kappa shape index (κ1) is 14.3. The lowest BCUT2D eigenvalue weighted by atomic mass is 10.2. The number of aryl methyl sites for hydroxylation is 1. The summed E-state index contributed by atoms with van der Waals surface area (Å²) in [5.74, 6) is 0.586. The molecule has 0 saturated carbocycles. The van der Waals surface area contributed by atoms with Crippen molar-refractivity contribution < 1.29 is 14.1 Å². The average Bonchev–Trinajstić information content (AvgIpc) is 3.16. The van der Waals surface area contributed by atoms with Crippen LogP contribution < -0.4 is 10.1 Å². The molecular formula is C15H13N3O3S. The van der Waals surface area contributed by atoms with E-state index < -0.39 is 0 Å². The van der Waals surface area contributed by atoms with Gasteiger partial charge in [0.1, 0.15) is 5.75 Å². The Kier molecular flexibility index (Phi) is 3.88. The second kappa shape index (κ2) is 5.98. The maximum absolute atomic E-state index is 12.0. The largest absolute Gasteiger partial charge is 0.497 e. The molecular weight excluding hydrogens is 302 g/mol. The van der Waals surface area contributed by atoms with Crippen molar-refractivity contribution in [3.8, 4) is 17.0 Å². The number of hydrogen-bond acceptors (Lipinski definition) is 6. The number of amides is 1. The van der Waals surface area contributed by atoms with Crippen LogP contribution in [0.25, 0.3) is 11.3 Å². The van der Waals surface area contributed by atoms with E-state index in [9.17, 15) is 4.79 Å². The van der Waals surface area contributed by atoms with Crippen LogP contribution in [0.15, 0.2) is 40.2 Å². The number of aromatic nitrogens is 2. The summed E-state index contributed by atoms with van der Waals surface area (Å²) >= 11 is 1.35. The summed E-state index contributed by atoms with van der Waals surface area (Å²) in [6.45, 7) is 1.76. The molecule has 0 atom stereocenters. The molecule has 3 rings (SSSR count). The molecule has 0 saturated heterocycles. The third-order valence-electron chi connectivity index (χ3n) is 2.96. The number of nitrogens with zero attached hydrogens (tertiary/aromatic N) is 2. The number of nitrogens with one attached hydrogen (secondary N) is 1. The van der Waals surface area contributed by atoms with Crippen molar-refractivity contribution in [1.82, 2.24) is 10.1 Å². The molecule has 0 aliphatic heterocycles. The summed E-state index contributed by atoms with van der Waals surface area (Å²) < 4.78 is 10.0. The number of hydrogen-bond donors (Lipinski definition) is 1. The summed E-state index contributed by atoms with van der Waals surface area (Å²) in [5, 5.41) is 8.76. The van der Waals surface area contributed by atoms with Crippen molar-refractivity contribution in [2.24, 2.45) is 0 Å². The Hall–Kier alpha value is -2.67. The Morgan fingerprint density at radius 2 is 2.09 bits per heavy atom. The standard InChI is InChI=1S/C15H13N3O3S/c1-9-7-13(21-18-9)14(19)17-15-16-12(8-22-15)10-3-5-11(20-2)6-4-10/h3-8H,1-2H3,(H,16,17,19). The molecule has 1 N–H and O–H groups in total. The molecule has 7 heteroatoms. The van der Waals surface area contributed by atoms with Gasteiger partial charge in [-0.3, -0.25) is 10.1 Å². The highest BCUT2D eigenvalue weighted by atomic mass is 32.1. The number of rotatable bonds is 4. The average molecular weight is 315 g/mol. The third kappa shape index (κ3) is 2.99. The highest BCUT2D eigenvalue weighted by Gasteiger charge is 2.14. The van der Waals surface area contributed by atoms with E-state index in [1.54, 1.807) is 20.1 Å². The predicted octanol–water partition coefficient (Wildman–Crippen LogP) is 3.37. The first-order chi connectivity index (χ1) is 10.7. The van der Waals surface area contributed by atoms with E-state index in [0.717, 1.165) is 17.0 Å². The SMILES string of the molecule is COc1ccc(-c2csc(NC(=O)c3cc(C)no3)n2)cc1. The Morgan fingerprint density at radius 3 is 2.73 bits per heavy atom. The van der Waals surface area contributed by atoms with E-state index in [1.807, 2.05) is 29.6 Å². The minimum atomic E-state index is -0.365. The molecule has 112 valence electrons. The zero-order chi connectivity index (χ0) is 15.5. The van der Waals surface area contributed by atoms with Gasteiger partial charge in [0, 0.05) is 17.0 Å². The molecule has 0 fully saturated rings. The zero-order valence-corrected chi connectivity index (χ0v) is 12.8. The van der Waals surface area contributed by atoms with Crippen LogP contribution in [0.4, 0.5) is 5.13 Å². The quantitative estimate of drug-likeness (QED) is 0.798. The van der Waals surface area contributed by atoms with Gasteiger partial charge < -0.3 is 9.26 Å². The summed E-state index contributed by atoms with van der Waals surface area (Å²) in [7, 11) is 1.62. The molecule has 1 amide bonds. The summed E-state index contributed by atoms with van der Waals surface area (Å²) in [6.07, 6.45) is 0. The Morgan fingerprint density at radius 1 is 1.32 bits per heavy atom. The van der Waals surface area contributed by atoms with Crippen LogP contribution in [0, 0.1) is 6.92 Å². The lowest BCUT2D eigenvalue weighted by molar-refractivity contribution is 0.0988. The highest BCUT2D eigenvalue weighted by molar-refractivity contribution is 7.14.